The Morgan fingerprint density at radius 1 is 1.55 bits per heavy atom. The monoisotopic (exact) mass is 204 g/mol. The summed E-state index contributed by atoms with van der Waals surface area (Å²) in [6.45, 7) is 0. The lowest BCUT2D eigenvalue weighted by molar-refractivity contribution is 1.28. The molecule has 0 fully saturated rings. The highest BCUT2D eigenvalue weighted by molar-refractivity contribution is 7.78. The molecule has 11 heavy (non-hydrogen) atoms. The Hall–Kier alpha value is -0.470. The summed E-state index contributed by atoms with van der Waals surface area (Å²) in [6, 6.07) is 1.58. The molecule has 0 atom stereocenters. The summed E-state index contributed by atoms with van der Waals surface area (Å²) in [5.41, 5.74) is 0. The summed E-state index contributed by atoms with van der Waals surface area (Å²) >= 11 is 15.7. The molecule has 0 amide bonds. The van der Waals surface area contributed by atoms with Crippen molar-refractivity contribution in [1.82, 2.24) is 4.98 Å². The van der Waals surface area contributed by atoms with Crippen molar-refractivity contribution in [3.05, 3.63) is 22.3 Å². The molecule has 0 saturated carbocycles. The Labute approximate surface area is 78.9 Å². The molecule has 56 valence electrons. The third-order valence-corrected chi connectivity index (χ3v) is 1.85. The van der Waals surface area contributed by atoms with Gasteiger partial charge in [0.25, 0.3) is 0 Å². The van der Waals surface area contributed by atoms with E-state index in [1.54, 1.807) is 6.07 Å². The maximum absolute atomic E-state index is 5.70. The maximum atomic E-state index is 5.70. The number of halogens is 2. The predicted octanol–water partition coefficient (Wildman–Crippen LogP) is 3.12. The number of rotatable bonds is 1. The summed E-state index contributed by atoms with van der Waals surface area (Å²) < 4.78 is 0. The summed E-state index contributed by atoms with van der Waals surface area (Å²) in [5, 5.41) is 2.86. The molecule has 0 radical (unpaired) electrons. The first kappa shape index (κ1) is 8.62. The van der Waals surface area contributed by atoms with Crippen molar-refractivity contribution < 1.29 is 0 Å². The highest BCUT2D eigenvalue weighted by atomic mass is 35.5. The van der Waals surface area contributed by atoms with Crippen LogP contribution in [0.2, 0.25) is 10.0 Å². The van der Waals surface area contributed by atoms with Crippen LogP contribution in [0.15, 0.2) is 17.3 Å². The maximum Gasteiger partial charge on any atom is 0.182 e. The van der Waals surface area contributed by atoms with Gasteiger partial charge in [0.15, 0.2) is 5.82 Å². The number of pyridine rings is 1. The summed E-state index contributed by atoms with van der Waals surface area (Å²) in [4.78, 5) is 7.42. The summed E-state index contributed by atoms with van der Waals surface area (Å²) in [6.07, 6.45) is 1.50. The topological polar surface area (TPSA) is 25.2 Å². The van der Waals surface area contributed by atoms with E-state index in [1.165, 1.54) is 6.20 Å². The van der Waals surface area contributed by atoms with Gasteiger partial charge in [0.2, 0.25) is 0 Å². The van der Waals surface area contributed by atoms with Gasteiger partial charge < -0.3 is 0 Å². The normalized spacial score (nSPS) is 8.91. The smallest absolute Gasteiger partial charge is 0.182 e. The van der Waals surface area contributed by atoms with Gasteiger partial charge in [-0.05, 0) is 18.3 Å². The molecule has 2 nitrogen and oxygen atoms in total. The van der Waals surface area contributed by atoms with E-state index < -0.39 is 0 Å². The number of nitrogens with zero attached hydrogens (tertiary/aromatic N) is 2. The van der Waals surface area contributed by atoms with Gasteiger partial charge in [0, 0.05) is 6.20 Å². The van der Waals surface area contributed by atoms with Gasteiger partial charge in [-0.15, -0.1) is 0 Å². The lowest BCUT2D eigenvalue weighted by atomic mass is 10.5. The molecule has 0 spiro atoms. The van der Waals surface area contributed by atoms with Crippen molar-refractivity contribution >= 4 is 46.4 Å². The molecule has 1 rings (SSSR count). The lowest BCUT2D eigenvalue weighted by Gasteiger charge is -1.95. The Kier molecular flexibility index (Phi) is 2.97. The molecular weight excluding hydrogens is 203 g/mol. The van der Waals surface area contributed by atoms with Crippen LogP contribution in [0.25, 0.3) is 0 Å². The largest absolute Gasteiger partial charge is 0.235 e. The van der Waals surface area contributed by atoms with E-state index in [0.29, 0.717) is 15.9 Å². The van der Waals surface area contributed by atoms with Gasteiger partial charge in [0.1, 0.15) is 5.02 Å². The predicted molar refractivity (Wildman–Crippen MR) is 48.9 cm³/mol. The fraction of sp³-hybridized carbons (Fsp3) is 0. The average molecular weight is 205 g/mol. The first-order valence-electron chi connectivity index (χ1n) is 2.63. The van der Waals surface area contributed by atoms with Crippen molar-refractivity contribution in [1.29, 1.82) is 0 Å². The van der Waals surface area contributed by atoms with Crippen LogP contribution in [0.1, 0.15) is 0 Å². The standard InChI is InChI=1S/C6H2Cl2N2S/c7-4-1-2-9-6(5(4)8)10-3-11/h1-2H. The van der Waals surface area contributed by atoms with E-state index in [1.807, 2.05) is 0 Å². The third kappa shape index (κ3) is 1.98. The zero-order chi connectivity index (χ0) is 8.27. The van der Waals surface area contributed by atoms with Crippen molar-refractivity contribution in [2.45, 2.75) is 0 Å². The molecule has 0 aliphatic rings. The van der Waals surface area contributed by atoms with Gasteiger partial charge in [-0.1, -0.05) is 23.2 Å². The highest BCUT2D eigenvalue weighted by Crippen LogP contribution is 2.28. The Morgan fingerprint density at radius 3 is 2.91 bits per heavy atom. The molecule has 5 heteroatoms. The van der Waals surface area contributed by atoms with E-state index in [-0.39, 0.29) is 0 Å². The molecule has 0 saturated heterocycles. The first-order chi connectivity index (χ1) is 5.25. The molecule has 1 aromatic rings. The van der Waals surface area contributed by atoms with Gasteiger partial charge >= 0.3 is 0 Å². The number of hydrogen-bond donors (Lipinski definition) is 0. The minimum atomic E-state index is 0.298. The second kappa shape index (κ2) is 3.79. The van der Waals surface area contributed by atoms with Crippen LogP contribution in [0, 0.1) is 0 Å². The molecule has 0 unspecified atom stereocenters. The van der Waals surface area contributed by atoms with Crippen molar-refractivity contribution in [2.75, 3.05) is 0 Å². The first-order valence-corrected chi connectivity index (χ1v) is 3.80. The van der Waals surface area contributed by atoms with E-state index in [9.17, 15) is 0 Å². The van der Waals surface area contributed by atoms with E-state index in [2.05, 4.69) is 27.4 Å². The van der Waals surface area contributed by atoms with Crippen LogP contribution in [-0.4, -0.2) is 10.1 Å². The van der Waals surface area contributed by atoms with E-state index >= 15 is 0 Å². The number of aliphatic imine (C=N–C) groups is 1. The van der Waals surface area contributed by atoms with Crippen molar-refractivity contribution in [3.63, 3.8) is 0 Å². The molecule has 0 aliphatic heterocycles. The number of hydrogen-bond acceptors (Lipinski definition) is 3. The Bertz CT molecular complexity index is 320. The van der Waals surface area contributed by atoms with Crippen LogP contribution in [-0.2, 0) is 0 Å². The SMILES string of the molecule is S=C=Nc1nccc(Cl)c1Cl. The van der Waals surface area contributed by atoms with Gasteiger partial charge in [0.05, 0.1) is 10.2 Å². The quantitative estimate of drug-likeness (QED) is 0.519. The van der Waals surface area contributed by atoms with Crippen LogP contribution >= 0.6 is 35.4 Å². The molecule has 1 heterocycles. The number of aromatic nitrogens is 1. The van der Waals surface area contributed by atoms with Gasteiger partial charge in [-0.3, -0.25) is 0 Å². The molecular formula is C6H2Cl2N2S. The van der Waals surface area contributed by atoms with Crippen LogP contribution in [0.5, 0.6) is 0 Å². The second-order valence-electron chi connectivity index (χ2n) is 1.63. The molecule has 0 N–H and O–H groups in total. The molecule has 0 bridgehead atoms. The van der Waals surface area contributed by atoms with Crippen LogP contribution in [0.3, 0.4) is 0 Å². The van der Waals surface area contributed by atoms with Crippen LogP contribution < -0.4 is 0 Å². The fourth-order valence-corrected chi connectivity index (χ4v) is 0.913. The average Bonchev–Trinajstić information content (AvgIpc) is 1.99. The van der Waals surface area contributed by atoms with Crippen molar-refractivity contribution in [2.24, 2.45) is 4.99 Å². The number of isothiocyanates is 1. The molecule has 0 aromatic carbocycles. The second-order valence-corrected chi connectivity index (χ2v) is 2.60. The molecule has 1 aromatic heterocycles. The van der Waals surface area contributed by atoms with E-state index in [4.69, 9.17) is 23.2 Å². The third-order valence-electron chi connectivity index (χ3n) is 0.975. The van der Waals surface area contributed by atoms with Gasteiger partial charge in [-0.2, -0.15) is 4.99 Å². The fourth-order valence-electron chi connectivity index (χ4n) is 0.531. The van der Waals surface area contributed by atoms with E-state index in [0.717, 1.165) is 0 Å². The van der Waals surface area contributed by atoms with Gasteiger partial charge in [-0.25, -0.2) is 4.98 Å². The minimum absolute atomic E-state index is 0.298. The Morgan fingerprint density at radius 2 is 2.27 bits per heavy atom. The Balaban J connectivity index is 3.26. The highest BCUT2D eigenvalue weighted by Gasteiger charge is 2.02. The lowest BCUT2D eigenvalue weighted by Crippen LogP contribution is -1.75. The number of thiocarbonyl (C=S) groups is 1. The molecule has 0 aliphatic carbocycles. The van der Waals surface area contributed by atoms with Crippen molar-refractivity contribution in [3.8, 4) is 0 Å². The minimum Gasteiger partial charge on any atom is -0.235 e. The summed E-state index contributed by atoms with van der Waals surface area (Å²) in [5.74, 6) is 0.300. The summed E-state index contributed by atoms with van der Waals surface area (Å²) in [7, 11) is 0. The zero-order valence-corrected chi connectivity index (χ0v) is 7.54. The van der Waals surface area contributed by atoms with Crippen LogP contribution in [0.4, 0.5) is 5.82 Å². The zero-order valence-electron chi connectivity index (χ0n) is 5.21.